The van der Waals surface area contributed by atoms with Crippen molar-refractivity contribution < 1.29 is 23.5 Å². The molecule has 0 spiro atoms. The molecular weight excluding hydrogens is 506 g/mol. The topological polar surface area (TPSA) is 131 Å². The summed E-state index contributed by atoms with van der Waals surface area (Å²) in [5.74, 6) is 3.83. The minimum Gasteiger partial charge on any atom is -0.456 e. The number of anilines is 1. The van der Waals surface area contributed by atoms with Crippen molar-refractivity contribution in [3.05, 3.63) is 59.9 Å². The van der Waals surface area contributed by atoms with E-state index >= 15 is 0 Å². The van der Waals surface area contributed by atoms with E-state index in [0.29, 0.717) is 39.1 Å². The van der Waals surface area contributed by atoms with Gasteiger partial charge < -0.3 is 29.0 Å². The van der Waals surface area contributed by atoms with Crippen LogP contribution in [0, 0.1) is 0 Å². The van der Waals surface area contributed by atoms with E-state index in [1.807, 2.05) is 12.1 Å². The van der Waals surface area contributed by atoms with Crippen LogP contribution in [0.15, 0.2) is 59.8 Å². The van der Waals surface area contributed by atoms with Crippen LogP contribution >= 0.6 is 11.6 Å². The molecule has 0 radical (unpaired) electrons. The van der Waals surface area contributed by atoms with Crippen molar-refractivity contribution in [2.24, 2.45) is 0 Å². The van der Waals surface area contributed by atoms with Crippen LogP contribution in [0.25, 0.3) is 22.4 Å². The highest BCUT2D eigenvalue weighted by Gasteiger charge is 2.48. The molecule has 0 aliphatic carbocycles. The van der Waals surface area contributed by atoms with E-state index < -0.39 is 28.0 Å². The monoisotopic (exact) mass is 527 g/mol. The molecule has 2 saturated heterocycles. The number of aromatic nitrogens is 4. The van der Waals surface area contributed by atoms with Gasteiger partial charge >= 0.3 is 0 Å². The Kier molecular flexibility index (Phi) is 5.81. The molecule has 186 valence electrons. The zero-order valence-corrected chi connectivity index (χ0v) is 20.4. The highest BCUT2D eigenvalue weighted by molar-refractivity contribution is 8.01. The maximum Gasteiger partial charge on any atom is 0.296 e. The Hall–Kier alpha value is -3.22. The zero-order valence-electron chi connectivity index (χ0n) is 18.8. The molecule has 0 bridgehead atoms. The lowest BCUT2D eigenvalue weighted by atomic mass is 10.1. The number of H-pyrrole nitrogens is 1. The van der Waals surface area contributed by atoms with Gasteiger partial charge in [-0.05, 0) is 36.2 Å². The summed E-state index contributed by atoms with van der Waals surface area (Å²) >= 11 is 6.54. The number of hydrogen-bond donors (Lipinski definition) is 3. The molecule has 0 amide bonds. The predicted molar refractivity (Wildman–Crippen MR) is 136 cm³/mol. The van der Waals surface area contributed by atoms with Gasteiger partial charge in [0, 0.05) is 23.6 Å². The molecule has 6 rings (SSSR count). The Labute approximate surface area is 211 Å². The van der Waals surface area contributed by atoms with Gasteiger partial charge in [-0.25, -0.2) is 9.19 Å². The standard InChI is InChI=1S/C24H22ClN5O5S/c1-36(32,15-6-8-26-9-7-15)30-14-4-2-13(3-5-14)20-16(25)10-17-23(28-20)29-24(27-17)35-19-12-34-21-18(31)11-33-22(19)21/h2-10,18-19,21-22,31H,1,11-12H2,(H,30,32)(H,27,28,29). The summed E-state index contributed by atoms with van der Waals surface area (Å²) < 4.78 is 33.1. The molecule has 5 atom stereocenters. The molecule has 0 saturated carbocycles. The number of aliphatic hydroxyl groups excluding tert-OH is 1. The number of fused-ring (bicyclic) bond motifs is 2. The lowest BCUT2D eigenvalue weighted by Crippen LogP contribution is -2.34. The van der Waals surface area contributed by atoms with Crippen LogP contribution in [0.5, 0.6) is 6.01 Å². The number of aromatic amines is 1. The fourth-order valence-electron chi connectivity index (χ4n) is 4.35. The first kappa shape index (κ1) is 23.2. The Morgan fingerprint density at radius 2 is 1.86 bits per heavy atom. The minimum absolute atomic E-state index is 0.222. The summed E-state index contributed by atoms with van der Waals surface area (Å²) in [6.45, 7) is 0.518. The number of imidazole rings is 1. The van der Waals surface area contributed by atoms with Gasteiger partial charge in [0.1, 0.15) is 18.3 Å². The van der Waals surface area contributed by atoms with Crippen LogP contribution in [0.1, 0.15) is 0 Å². The first-order chi connectivity index (χ1) is 17.4. The highest BCUT2D eigenvalue weighted by Crippen LogP contribution is 2.32. The van der Waals surface area contributed by atoms with Crippen molar-refractivity contribution in [1.82, 2.24) is 19.9 Å². The summed E-state index contributed by atoms with van der Waals surface area (Å²) in [4.78, 5) is 16.7. The van der Waals surface area contributed by atoms with Gasteiger partial charge in [-0.15, -0.1) is 0 Å². The molecule has 2 fully saturated rings. The maximum atomic E-state index is 13.0. The number of aliphatic hydroxyl groups is 1. The van der Waals surface area contributed by atoms with E-state index in [2.05, 4.69) is 30.5 Å². The van der Waals surface area contributed by atoms with Gasteiger partial charge in [0.15, 0.2) is 11.8 Å². The number of halogens is 1. The number of rotatable bonds is 6. The van der Waals surface area contributed by atoms with Gasteiger partial charge in [-0.2, -0.15) is 4.98 Å². The van der Waals surface area contributed by atoms with Crippen LogP contribution in [0.3, 0.4) is 0 Å². The molecular formula is C24H22ClN5O5S. The van der Waals surface area contributed by atoms with Crippen LogP contribution in [0.2, 0.25) is 5.02 Å². The molecule has 1 aromatic carbocycles. The quantitative estimate of drug-likeness (QED) is 0.326. The van der Waals surface area contributed by atoms with Gasteiger partial charge in [0.05, 0.1) is 44.1 Å². The van der Waals surface area contributed by atoms with Crippen molar-refractivity contribution in [3.8, 4) is 17.3 Å². The lowest BCUT2D eigenvalue weighted by molar-refractivity contribution is 0.00706. The summed E-state index contributed by atoms with van der Waals surface area (Å²) in [5, 5.41) is 10.3. The number of nitrogens with one attached hydrogen (secondary N) is 2. The Bertz CT molecular complexity index is 1510. The molecule has 2 aliphatic rings. The van der Waals surface area contributed by atoms with Gasteiger partial charge in [-0.3, -0.25) is 4.98 Å². The summed E-state index contributed by atoms with van der Waals surface area (Å²) in [5.41, 5.74) is 3.00. The second-order valence-corrected chi connectivity index (χ2v) is 11.0. The van der Waals surface area contributed by atoms with Crippen LogP contribution in [0.4, 0.5) is 5.69 Å². The van der Waals surface area contributed by atoms with Gasteiger partial charge in [0.2, 0.25) is 0 Å². The zero-order chi connectivity index (χ0) is 24.9. The van der Waals surface area contributed by atoms with Crippen molar-refractivity contribution in [2.45, 2.75) is 29.3 Å². The number of nitrogens with zero attached hydrogens (tertiary/aromatic N) is 3. The molecule has 10 nitrogen and oxygen atoms in total. The van der Waals surface area contributed by atoms with Crippen molar-refractivity contribution in [2.75, 3.05) is 17.9 Å². The first-order valence-electron chi connectivity index (χ1n) is 11.2. The number of benzene rings is 1. The Morgan fingerprint density at radius 3 is 2.64 bits per heavy atom. The first-order valence-corrected chi connectivity index (χ1v) is 13.3. The average molecular weight is 528 g/mol. The average Bonchev–Trinajstić information content (AvgIpc) is 3.56. The van der Waals surface area contributed by atoms with E-state index in [1.54, 1.807) is 42.7 Å². The maximum absolute atomic E-state index is 13.0. The number of hydrogen-bond acceptors (Lipinski definition) is 8. The van der Waals surface area contributed by atoms with Crippen molar-refractivity contribution in [1.29, 1.82) is 0 Å². The summed E-state index contributed by atoms with van der Waals surface area (Å²) in [6, 6.07) is 12.6. The van der Waals surface area contributed by atoms with E-state index in [9.17, 15) is 9.32 Å². The molecule has 4 aromatic rings. The SMILES string of the molecule is C=S(=O)(Nc1ccc(-c2nc3nc(OC4COC5C(O)COC45)[nH]c3cc2Cl)cc1)c1ccncc1. The van der Waals surface area contributed by atoms with E-state index in [1.165, 1.54) is 0 Å². The fraction of sp³-hybridized carbons (Fsp3) is 0.250. The van der Waals surface area contributed by atoms with Crippen molar-refractivity contribution >= 4 is 44.0 Å². The number of pyridine rings is 2. The van der Waals surface area contributed by atoms with Crippen LogP contribution in [-0.4, -0.2) is 72.8 Å². The molecule has 2 aliphatic heterocycles. The molecule has 3 N–H and O–H groups in total. The largest absolute Gasteiger partial charge is 0.456 e. The predicted octanol–water partition coefficient (Wildman–Crippen LogP) is 2.68. The second kappa shape index (κ2) is 9.02. The normalized spacial score (nSPS) is 24.9. The van der Waals surface area contributed by atoms with Gasteiger partial charge in [0.25, 0.3) is 6.01 Å². The van der Waals surface area contributed by atoms with Crippen molar-refractivity contribution in [3.63, 3.8) is 0 Å². The highest BCUT2D eigenvalue weighted by atomic mass is 35.5. The van der Waals surface area contributed by atoms with E-state index in [0.717, 1.165) is 5.56 Å². The van der Waals surface area contributed by atoms with E-state index in [-0.39, 0.29) is 18.7 Å². The lowest BCUT2D eigenvalue weighted by Gasteiger charge is -2.15. The second-order valence-electron chi connectivity index (χ2n) is 8.59. The Balaban J connectivity index is 1.21. The molecule has 12 heteroatoms. The third kappa shape index (κ3) is 4.29. The Morgan fingerprint density at radius 1 is 1.11 bits per heavy atom. The fourth-order valence-corrected chi connectivity index (χ4v) is 5.80. The van der Waals surface area contributed by atoms with E-state index in [4.69, 9.17) is 25.8 Å². The van der Waals surface area contributed by atoms with Crippen LogP contribution in [-0.2, 0) is 19.2 Å². The molecule has 3 aromatic heterocycles. The molecule has 5 unspecified atom stereocenters. The van der Waals surface area contributed by atoms with Crippen LogP contribution < -0.4 is 9.46 Å². The third-order valence-electron chi connectivity index (χ3n) is 6.12. The molecule has 5 heterocycles. The summed E-state index contributed by atoms with van der Waals surface area (Å²) in [6.07, 6.45) is 1.37. The van der Waals surface area contributed by atoms with Gasteiger partial charge in [-0.1, -0.05) is 23.7 Å². The smallest absolute Gasteiger partial charge is 0.296 e. The summed E-state index contributed by atoms with van der Waals surface area (Å²) in [7, 11) is -2.74. The third-order valence-corrected chi connectivity index (χ3v) is 8.01. The molecule has 36 heavy (non-hydrogen) atoms. The number of ether oxygens (including phenoxy) is 3. The minimum atomic E-state index is -2.74.